The molecule has 0 aliphatic rings. The Bertz CT molecular complexity index is 305. The summed E-state index contributed by atoms with van der Waals surface area (Å²) in [5, 5.41) is 5.23. The van der Waals surface area contributed by atoms with E-state index in [1.54, 1.807) is 6.33 Å². The number of hydrogen-bond donors (Lipinski definition) is 0. The highest BCUT2D eigenvalue weighted by Crippen LogP contribution is 2.02. The van der Waals surface area contributed by atoms with Crippen molar-refractivity contribution >= 4 is 15.9 Å². The van der Waals surface area contributed by atoms with Gasteiger partial charge in [-0.3, -0.25) is 0 Å². The summed E-state index contributed by atoms with van der Waals surface area (Å²) in [5.74, 6) is 1.66. The van der Waals surface area contributed by atoms with Crippen LogP contribution in [0.1, 0.15) is 26.1 Å². The fourth-order valence-corrected chi connectivity index (χ4v) is 1.58. The standard InChI is InChI=1S/C11H18BrN3/c1-10(2)8-15-11(13-9-14-15)6-4-3-5-7-12/h3-4,9-10H,5-8H2,1-2H3. The lowest BCUT2D eigenvalue weighted by Gasteiger charge is -2.06. The van der Waals surface area contributed by atoms with Crippen molar-refractivity contribution in [3.05, 3.63) is 24.3 Å². The average Bonchev–Trinajstić information content (AvgIpc) is 2.59. The molecule has 0 aromatic carbocycles. The summed E-state index contributed by atoms with van der Waals surface area (Å²) in [6, 6.07) is 0. The first-order valence-corrected chi connectivity index (χ1v) is 6.43. The Labute approximate surface area is 99.7 Å². The van der Waals surface area contributed by atoms with E-state index in [1.165, 1.54) is 0 Å². The molecule has 0 saturated carbocycles. The van der Waals surface area contributed by atoms with Crippen molar-refractivity contribution in [2.45, 2.75) is 33.2 Å². The first kappa shape index (κ1) is 12.4. The van der Waals surface area contributed by atoms with Gasteiger partial charge < -0.3 is 0 Å². The smallest absolute Gasteiger partial charge is 0.138 e. The molecule has 15 heavy (non-hydrogen) atoms. The molecule has 1 rings (SSSR count). The Kier molecular flexibility index (Phi) is 5.61. The van der Waals surface area contributed by atoms with Gasteiger partial charge in [0, 0.05) is 18.3 Å². The number of hydrogen-bond acceptors (Lipinski definition) is 2. The van der Waals surface area contributed by atoms with Crippen LogP contribution in [-0.4, -0.2) is 20.1 Å². The van der Waals surface area contributed by atoms with Crippen LogP contribution in [0.5, 0.6) is 0 Å². The van der Waals surface area contributed by atoms with Crippen LogP contribution in [0.2, 0.25) is 0 Å². The highest BCUT2D eigenvalue weighted by molar-refractivity contribution is 9.09. The molecule has 0 unspecified atom stereocenters. The van der Waals surface area contributed by atoms with E-state index in [0.29, 0.717) is 5.92 Å². The molecule has 0 fully saturated rings. The van der Waals surface area contributed by atoms with E-state index in [-0.39, 0.29) is 0 Å². The Morgan fingerprint density at radius 1 is 1.47 bits per heavy atom. The number of alkyl halides is 1. The number of nitrogens with zero attached hydrogens (tertiary/aromatic N) is 3. The Morgan fingerprint density at radius 3 is 2.93 bits per heavy atom. The van der Waals surface area contributed by atoms with Crippen molar-refractivity contribution in [2.75, 3.05) is 5.33 Å². The molecule has 0 amide bonds. The molecule has 4 heteroatoms. The van der Waals surface area contributed by atoms with E-state index in [0.717, 1.165) is 30.5 Å². The zero-order chi connectivity index (χ0) is 11.1. The average molecular weight is 272 g/mol. The van der Waals surface area contributed by atoms with Gasteiger partial charge in [-0.05, 0) is 12.3 Å². The van der Waals surface area contributed by atoms with Crippen molar-refractivity contribution in [3.63, 3.8) is 0 Å². The lowest BCUT2D eigenvalue weighted by molar-refractivity contribution is 0.469. The normalized spacial score (nSPS) is 11.7. The second kappa shape index (κ2) is 6.77. The third kappa shape index (κ3) is 4.60. The van der Waals surface area contributed by atoms with Crippen molar-refractivity contribution in [3.8, 4) is 0 Å². The molecule has 1 aromatic heterocycles. The second-order valence-corrected chi connectivity index (χ2v) is 4.70. The molecule has 0 bridgehead atoms. The molecule has 1 aromatic rings. The van der Waals surface area contributed by atoms with Crippen LogP contribution in [0.4, 0.5) is 0 Å². The molecule has 0 aliphatic carbocycles. The second-order valence-electron chi connectivity index (χ2n) is 3.91. The van der Waals surface area contributed by atoms with Crippen molar-refractivity contribution in [1.82, 2.24) is 14.8 Å². The zero-order valence-electron chi connectivity index (χ0n) is 9.36. The molecule has 0 aliphatic heterocycles. The molecule has 0 atom stereocenters. The highest BCUT2D eigenvalue weighted by atomic mass is 79.9. The van der Waals surface area contributed by atoms with Crippen LogP contribution >= 0.6 is 15.9 Å². The minimum Gasteiger partial charge on any atom is -0.250 e. The predicted octanol–water partition coefficient (Wildman–Crippen LogP) is 2.82. The summed E-state index contributed by atoms with van der Waals surface area (Å²) < 4.78 is 1.99. The largest absolute Gasteiger partial charge is 0.250 e. The molecule has 0 saturated heterocycles. The summed E-state index contributed by atoms with van der Waals surface area (Å²) in [7, 11) is 0. The molecule has 84 valence electrons. The van der Waals surface area contributed by atoms with E-state index < -0.39 is 0 Å². The maximum absolute atomic E-state index is 4.26. The number of rotatable bonds is 6. The van der Waals surface area contributed by atoms with Gasteiger partial charge in [-0.2, -0.15) is 5.10 Å². The third-order valence-corrected chi connectivity index (χ3v) is 2.43. The maximum atomic E-state index is 4.26. The van der Waals surface area contributed by atoms with Crippen molar-refractivity contribution < 1.29 is 0 Å². The fourth-order valence-electron chi connectivity index (χ4n) is 1.31. The minimum absolute atomic E-state index is 0.608. The van der Waals surface area contributed by atoms with Crippen molar-refractivity contribution in [2.24, 2.45) is 5.92 Å². The van der Waals surface area contributed by atoms with E-state index in [1.807, 2.05) is 4.68 Å². The number of aromatic nitrogens is 3. The van der Waals surface area contributed by atoms with Gasteiger partial charge in [-0.15, -0.1) is 0 Å². The van der Waals surface area contributed by atoms with Gasteiger partial charge in [-0.1, -0.05) is 41.9 Å². The summed E-state index contributed by atoms with van der Waals surface area (Å²) in [6.45, 7) is 5.32. The van der Waals surface area contributed by atoms with Gasteiger partial charge in [-0.25, -0.2) is 9.67 Å². The van der Waals surface area contributed by atoms with Gasteiger partial charge in [0.2, 0.25) is 0 Å². The van der Waals surface area contributed by atoms with Gasteiger partial charge in [0.05, 0.1) is 0 Å². The molecular weight excluding hydrogens is 254 g/mol. The summed E-state index contributed by atoms with van der Waals surface area (Å²) in [5.41, 5.74) is 0. The Morgan fingerprint density at radius 2 is 2.27 bits per heavy atom. The SMILES string of the molecule is CC(C)Cn1ncnc1CC=CCCBr. The monoisotopic (exact) mass is 271 g/mol. The zero-order valence-corrected chi connectivity index (χ0v) is 10.9. The number of halogens is 1. The van der Waals surface area contributed by atoms with Crippen LogP contribution in [0.25, 0.3) is 0 Å². The van der Waals surface area contributed by atoms with Crippen LogP contribution in [0, 0.1) is 5.92 Å². The molecule has 1 heterocycles. The van der Waals surface area contributed by atoms with Gasteiger partial charge in [0.1, 0.15) is 12.2 Å². The van der Waals surface area contributed by atoms with Crippen LogP contribution < -0.4 is 0 Å². The Balaban J connectivity index is 2.49. The van der Waals surface area contributed by atoms with Gasteiger partial charge in [0.25, 0.3) is 0 Å². The fraction of sp³-hybridized carbons (Fsp3) is 0.636. The minimum atomic E-state index is 0.608. The molecule has 0 spiro atoms. The van der Waals surface area contributed by atoms with Crippen LogP contribution in [-0.2, 0) is 13.0 Å². The van der Waals surface area contributed by atoms with E-state index >= 15 is 0 Å². The van der Waals surface area contributed by atoms with Crippen molar-refractivity contribution in [1.29, 1.82) is 0 Å². The summed E-state index contributed by atoms with van der Waals surface area (Å²) in [4.78, 5) is 4.26. The quantitative estimate of drug-likeness (QED) is 0.589. The van der Waals surface area contributed by atoms with Gasteiger partial charge >= 0.3 is 0 Å². The third-order valence-electron chi connectivity index (χ3n) is 1.98. The molecule has 3 nitrogen and oxygen atoms in total. The highest BCUT2D eigenvalue weighted by Gasteiger charge is 2.03. The van der Waals surface area contributed by atoms with Crippen LogP contribution in [0.15, 0.2) is 18.5 Å². The van der Waals surface area contributed by atoms with Gasteiger partial charge in [0.15, 0.2) is 0 Å². The predicted molar refractivity (Wildman–Crippen MR) is 66.1 cm³/mol. The van der Waals surface area contributed by atoms with E-state index in [4.69, 9.17) is 0 Å². The van der Waals surface area contributed by atoms with E-state index in [9.17, 15) is 0 Å². The van der Waals surface area contributed by atoms with E-state index in [2.05, 4.69) is 52.0 Å². The summed E-state index contributed by atoms with van der Waals surface area (Å²) >= 11 is 3.39. The first-order chi connectivity index (χ1) is 7.24. The first-order valence-electron chi connectivity index (χ1n) is 5.31. The maximum Gasteiger partial charge on any atom is 0.138 e. The Hall–Kier alpha value is -0.640. The molecular formula is C11H18BrN3. The topological polar surface area (TPSA) is 30.7 Å². The summed E-state index contributed by atoms with van der Waals surface area (Å²) in [6.07, 6.45) is 7.90. The number of allylic oxidation sites excluding steroid dienone is 2. The van der Waals surface area contributed by atoms with Crippen LogP contribution in [0.3, 0.4) is 0 Å². The molecule has 0 N–H and O–H groups in total. The lowest BCUT2D eigenvalue weighted by Crippen LogP contribution is -2.09. The molecule has 0 radical (unpaired) electrons. The lowest BCUT2D eigenvalue weighted by atomic mass is 10.2.